The SMILES string of the molecule is [B]Pc1ccc2cc(Cl)ccc2c1. The maximum Gasteiger partial charge on any atom is 0.110 e. The molecule has 0 aliphatic heterocycles. The fraction of sp³-hybridized carbons (Fsp3) is 0. The van der Waals surface area contributed by atoms with Crippen molar-refractivity contribution in [3.05, 3.63) is 41.4 Å². The monoisotopic (exact) mass is 204 g/mol. The Morgan fingerprint density at radius 2 is 1.69 bits per heavy atom. The fourth-order valence-electron chi connectivity index (χ4n) is 1.31. The molecule has 1 atom stereocenters. The molecule has 0 nitrogen and oxygen atoms in total. The van der Waals surface area contributed by atoms with Crippen molar-refractivity contribution in [1.82, 2.24) is 0 Å². The molecule has 2 rings (SSSR count). The summed E-state index contributed by atoms with van der Waals surface area (Å²) >= 11 is 5.87. The average molecular weight is 204 g/mol. The smallest absolute Gasteiger partial charge is 0.110 e. The van der Waals surface area contributed by atoms with Gasteiger partial charge in [0.25, 0.3) is 0 Å². The summed E-state index contributed by atoms with van der Waals surface area (Å²) in [5.74, 6) is 0. The Kier molecular flexibility index (Phi) is 2.57. The van der Waals surface area contributed by atoms with Gasteiger partial charge in [-0.1, -0.05) is 29.8 Å². The minimum Gasteiger partial charge on any atom is -0.141 e. The number of halogens is 1. The van der Waals surface area contributed by atoms with Crippen LogP contribution >= 0.6 is 20.1 Å². The molecule has 2 radical (unpaired) electrons. The summed E-state index contributed by atoms with van der Waals surface area (Å²) in [6.45, 7) is 0. The quantitative estimate of drug-likeness (QED) is 0.495. The van der Waals surface area contributed by atoms with Crippen LogP contribution in [-0.4, -0.2) is 7.57 Å². The number of hydrogen-bond acceptors (Lipinski definition) is 0. The van der Waals surface area contributed by atoms with E-state index in [1.807, 2.05) is 24.3 Å². The molecule has 62 valence electrons. The maximum absolute atomic E-state index is 5.87. The Hall–Kier alpha value is -0.515. The highest BCUT2D eigenvalue weighted by molar-refractivity contribution is 7.73. The maximum atomic E-state index is 5.87. The average Bonchev–Trinajstić information content (AvgIpc) is 2.17. The molecule has 0 aliphatic rings. The van der Waals surface area contributed by atoms with Gasteiger partial charge in [0.15, 0.2) is 0 Å². The Morgan fingerprint density at radius 3 is 2.46 bits per heavy atom. The molecule has 0 amide bonds. The van der Waals surface area contributed by atoms with Gasteiger partial charge in [-0.25, -0.2) is 0 Å². The molecule has 0 bridgehead atoms. The van der Waals surface area contributed by atoms with Gasteiger partial charge in [0, 0.05) is 5.02 Å². The Labute approximate surface area is 85.4 Å². The first kappa shape index (κ1) is 9.06. The van der Waals surface area contributed by atoms with Crippen LogP contribution in [0.5, 0.6) is 0 Å². The summed E-state index contributed by atoms with van der Waals surface area (Å²) in [5, 5.41) is 4.31. The predicted molar refractivity (Wildman–Crippen MR) is 62.7 cm³/mol. The standard InChI is InChI=1S/C10H7BClP/c11-13-10-4-2-7-5-9(12)3-1-8(7)6-10/h1-6,13H. The van der Waals surface area contributed by atoms with Crippen molar-refractivity contribution in [2.24, 2.45) is 0 Å². The van der Waals surface area contributed by atoms with Crippen LogP contribution in [0, 0.1) is 0 Å². The molecule has 0 spiro atoms. The van der Waals surface area contributed by atoms with Gasteiger partial charge in [-0.2, -0.15) is 0 Å². The van der Waals surface area contributed by atoms with Crippen molar-refractivity contribution < 1.29 is 0 Å². The Bertz CT molecular complexity index is 442. The number of hydrogen-bond donors (Lipinski definition) is 0. The molecule has 0 saturated carbocycles. The zero-order valence-electron chi connectivity index (χ0n) is 6.92. The third-order valence-corrected chi connectivity index (χ3v) is 2.85. The summed E-state index contributed by atoms with van der Waals surface area (Å²) < 4.78 is 0. The predicted octanol–water partition coefficient (Wildman–Crippen LogP) is 2.88. The molecule has 0 saturated heterocycles. The van der Waals surface area contributed by atoms with E-state index >= 15 is 0 Å². The second-order valence-corrected chi connectivity index (χ2v) is 4.15. The first-order valence-corrected chi connectivity index (χ1v) is 5.41. The number of rotatable bonds is 1. The van der Waals surface area contributed by atoms with E-state index in [1.54, 1.807) is 0 Å². The Balaban J connectivity index is 2.66. The topological polar surface area (TPSA) is 0 Å². The minimum absolute atomic E-state index is 0.358. The molecule has 1 unspecified atom stereocenters. The molecular weight excluding hydrogens is 197 g/mol. The van der Waals surface area contributed by atoms with E-state index < -0.39 is 0 Å². The number of benzene rings is 2. The van der Waals surface area contributed by atoms with Crippen molar-refractivity contribution in [3.8, 4) is 0 Å². The van der Waals surface area contributed by atoms with Crippen LogP contribution in [0.1, 0.15) is 0 Å². The first-order chi connectivity index (χ1) is 6.29. The van der Waals surface area contributed by atoms with E-state index in [0.717, 1.165) is 10.4 Å². The number of fused-ring (bicyclic) bond motifs is 1. The lowest BCUT2D eigenvalue weighted by Gasteiger charge is -2.01. The minimum atomic E-state index is 0.358. The third-order valence-electron chi connectivity index (χ3n) is 1.97. The lowest BCUT2D eigenvalue weighted by molar-refractivity contribution is 1.78. The second kappa shape index (κ2) is 3.70. The van der Waals surface area contributed by atoms with Gasteiger partial charge in [-0.3, -0.25) is 0 Å². The van der Waals surface area contributed by atoms with E-state index in [1.165, 1.54) is 10.7 Å². The summed E-state index contributed by atoms with van der Waals surface area (Å²) in [4.78, 5) is 0. The molecule has 2 aromatic carbocycles. The van der Waals surface area contributed by atoms with Gasteiger partial charge in [0.1, 0.15) is 7.57 Å². The molecule has 13 heavy (non-hydrogen) atoms. The first-order valence-electron chi connectivity index (χ1n) is 3.95. The van der Waals surface area contributed by atoms with E-state index in [-0.39, 0.29) is 0 Å². The largest absolute Gasteiger partial charge is 0.141 e. The molecule has 0 N–H and O–H groups in total. The van der Waals surface area contributed by atoms with Crippen LogP contribution in [0.4, 0.5) is 0 Å². The van der Waals surface area contributed by atoms with Crippen molar-refractivity contribution in [2.75, 3.05) is 0 Å². The van der Waals surface area contributed by atoms with Gasteiger partial charge in [0.2, 0.25) is 0 Å². The van der Waals surface area contributed by atoms with Crippen molar-refractivity contribution >= 4 is 43.7 Å². The van der Waals surface area contributed by atoms with Crippen LogP contribution in [0.25, 0.3) is 10.8 Å². The Morgan fingerprint density at radius 1 is 1.00 bits per heavy atom. The normalized spacial score (nSPS) is 11.5. The van der Waals surface area contributed by atoms with E-state index in [4.69, 9.17) is 19.2 Å². The molecule has 0 fully saturated rings. The molecular formula is C10H7BClP. The van der Waals surface area contributed by atoms with Crippen LogP contribution in [0.15, 0.2) is 36.4 Å². The van der Waals surface area contributed by atoms with Crippen molar-refractivity contribution in [2.45, 2.75) is 0 Å². The van der Waals surface area contributed by atoms with Crippen LogP contribution in [0.3, 0.4) is 0 Å². The summed E-state index contributed by atoms with van der Waals surface area (Å²) in [6, 6.07) is 12.1. The summed E-state index contributed by atoms with van der Waals surface area (Å²) in [5.41, 5.74) is 0. The second-order valence-electron chi connectivity index (χ2n) is 2.85. The van der Waals surface area contributed by atoms with Gasteiger partial charge in [0.05, 0.1) is 0 Å². The van der Waals surface area contributed by atoms with E-state index in [9.17, 15) is 0 Å². The van der Waals surface area contributed by atoms with Gasteiger partial charge in [-0.05, 0) is 34.3 Å². The van der Waals surface area contributed by atoms with Crippen LogP contribution in [-0.2, 0) is 0 Å². The summed E-state index contributed by atoms with van der Waals surface area (Å²) in [7, 11) is 5.93. The van der Waals surface area contributed by atoms with Gasteiger partial charge >= 0.3 is 0 Å². The molecule has 2 aromatic rings. The van der Waals surface area contributed by atoms with E-state index in [0.29, 0.717) is 8.46 Å². The molecule has 0 aromatic heterocycles. The highest BCUT2D eigenvalue weighted by Gasteiger charge is 1.95. The fourth-order valence-corrected chi connectivity index (χ4v) is 1.91. The highest BCUT2D eigenvalue weighted by atomic mass is 35.5. The zero-order valence-corrected chi connectivity index (χ0v) is 8.68. The third kappa shape index (κ3) is 1.87. The highest BCUT2D eigenvalue weighted by Crippen LogP contribution is 2.19. The lowest BCUT2D eigenvalue weighted by atomic mass is 10.1. The van der Waals surface area contributed by atoms with Crippen molar-refractivity contribution in [3.63, 3.8) is 0 Å². The molecule has 0 aliphatic carbocycles. The van der Waals surface area contributed by atoms with Crippen LogP contribution < -0.4 is 5.30 Å². The van der Waals surface area contributed by atoms with Crippen molar-refractivity contribution in [1.29, 1.82) is 0 Å². The van der Waals surface area contributed by atoms with E-state index in [2.05, 4.69) is 12.1 Å². The van der Waals surface area contributed by atoms with Gasteiger partial charge in [-0.15, -0.1) is 8.46 Å². The lowest BCUT2D eigenvalue weighted by Crippen LogP contribution is -1.91. The molecule has 0 heterocycles. The molecule has 3 heteroatoms. The zero-order chi connectivity index (χ0) is 9.26. The van der Waals surface area contributed by atoms with Gasteiger partial charge < -0.3 is 0 Å². The summed E-state index contributed by atoms with van der Waals surface area (Å²) in [6.07, 6.45) is 0. The van der Waals surface area contributed by atoms with Crippen LogP contribution in [0.2, 0.25) is 5.02 Å².